The summed E-state index contributed by atoms with van der Waals surface area (Å²) in [5.74, 6) is 15.2. The number of unbranched alkanes of at least 4 members (excludes halogenated alkanes) is 3. The predicted molar refractivity (Wildman–Crippen MR) is 137 cm³/mol. The zero-order valence-corrected chi connectivity index (χ0v) is 19.8. The first-order valence-corrected chi connectivity index (χ1v) is 11.4. The summed E-state index contributed by atoms with van der Waals surface area (Å²) in [6.07, 6.45) is 4.14. The molecular weight excluding hydrogens is 463 g/mol. The van der Waals surface area contributed by atoms with E-state index in [9.17, 15) is 13.2 Å². The molecule has 0 aliphatic rings. The molecule has 0 aliphatic heterocycles. The average molecular weight is 484 g/mol. The van der Waals surface area contributed by atoms with Crippen molar-refractivity contribution in [3.05, 3.63) is 99.9 Å². The molecule has 3 aromatic carbocycles. The number of halogens is 3. The summed E-state index contributed by atoms with van der Waals surface area (Å²) in [7, 11) is 0. The zero-order valence-electron chi connectivity index (χ0n) is 19.0. The van der Waals surface area contributed by atoms with Crippen LogP contribution in [0, 0.1) is 53.0 Å². The third-order valence-corrected chi connectivity index (χ3v) is 4.95. The van der Waals surface area contributed by atoms with Crippen molar-refractivity contribution < 1.29 is 13.2 Å². The monoisotopic (exact) mass is 483 g/mol. The van der Waals surface area contributed by atoms with Gasteiger partial charge in [0.2, 0.25) is 0 Å². The van der Waals surface area contributed by atoms with Crippen LogP contribution < -0.4 is 0 Å². The maximum atomic E-state index is 14.4. The fraction of sp³-hybridized carbons (Fsp3) is 0.167. The van der Waals surface area contributed by atoms with Crippen LogP contribution in [-0.4, -0.2) is 5.16 Å². The second kappa shape index (κ2) is 13.0. The van der Waals surface area contributed by atoms with Gasteiger partial charge >= 0.3 is 0 Å². The van der Waals surface area contributed by atoms with Gasteiger partial charge in [-0.15, -0.1) is 0 Å². The van der Waals surface area contributed by atoms with Crippen LogP contribution in [0.3, 0.4) is 0 Å². The van der Waals surface area contributed by atoms with Crippen molar-refractivity contribution in [2.45, 2.75) is 32.6 Å². The summed E-state index contributed by atoms with van der Waals surface area (Å²) in [6, 6.07) is 13.9. The van der Waals surface area contributed by atoms with Crippen molar-refractivity contribution in [2.75, 3.05) is 0 Å². The molecular formula is C30H20F3NS. The molecule has 0 unspecified atom stereocenters. The zero-order chi connectivity index (χ0) is 25.0. The number of nitrogens with zero attached hydrogens (tertiary/aromatic N) is 1. The fourth-order valence-corrected chi connectivity index (χ4v) is 3.12. The minimum Gasteiger partial charge on any atom is -0.206 e. The van der Waals surface area contributed by atoms with Crippen LogP contribution in [0.1, 0.15) is 60.4 Å². The molecule has 0 aromatic heterocycles. The number of hydrogen-bond donors (Lipinski definition) is 0. The predicted octanol–water partition coefficient (Wildman–Crippen LogP) is 7.57. The van der Waals surface area contributed by atoms with E-state index in [-0.39, 0.29) is 11.1 Å². The molecule has 3 rings (SSSR count). The normalized spacial score (nSPS) is 9.49. The lowest BCUT2D eigenvalue weighted by Crippen LogP contribution is -1.87. The van der Waals surface area contributed by atoms with Crippen molar-refractivity contribution in [3.8, 4) is 35.5 Å². The second-order valence-electron chi connectivity index (χ2n) is 7.52. The molecule has 0 fully saturated rings. The number of benzene rings is 3. The third kappa shape index (κ3) is 7.74. The lowest BCUT2D eigenvalue weighted by Gasteiger charge is -1.98. The summed E-state index contributed by atoms with van der Waals surface area (Å²) >= 11 is 4.38. The van der Waals surface area contributed by atoms with Gasteiger partial charge in [0.1, 0.15) is 11.5 Å². The molecule has 1 nitrogen and oxygen atoms in total. The van der Waals surface area contributed by atoms with Crippen LogP contribution in [0.5, 0.6) is 0 Å². The summed E-state index contributed by atoms with van der Waals surface area (Å²) in [6.45, 7) is 2.14. The van der Waals surface area contributed by atoms with Gasteiger partial charge in [-0.1, -0.05) is 55.3 Å². The van der Waals surface area contributed by atoms with E-state index in [4.69, 9.17) is 0 Å². The smallest absolute Gasteiger partial charge is 0.153 e. The molecule has 0 saturated carbocycles. The van der Waals surface area contributed by atoms with Gasteiger partial charge in [0.05, 0.1) is 10.7 Å². The van der Waals surface area contributed by atoms with Gasteiger partial charge in [-0.05, 0) is 73.2 Å². The van der Waals surface area contributed by atoms with Crippen molar-refractivity contribution >= 4 is 23.1 Å². The molecule has 5 heteroatoms. The van der Waals surface area contributed by atoms with E-state index in [1.807, 2.05) is 5.16 Å². The lowest BCUT2D eigenvalue weighted by atomic mass is 10.1. The Kier molecular flexibility index (Phi) is 9.48. The lowest BCUT2D eigenvalue weighted by molar-refractivity contribution is 0.587. The van der Waals surface area contributed by atoms with Crippen LogP contribution in [0.4, 0.5) is 18.9 Å². The van der Waals surface area contributed by atoms with Gasteiger partial charge in [0.15, 0.2) is 11.6 Å². The van der Waals surface area contributed by atoms with E-state index in [1.54, 1.807) is 36.4 Å². The van der Waals surface area contributed by atoms with Crippen molar-refractivity contribution in [3.63, 3.8) is 0 Å². The molecule has 0 radical (unpaired) electrons. The molecule has 172 valence electrons. The Labute approximate surface area is 209 Å². The number of thiocarbonyl (C=S) groups is 1. The summed E-state index contributed by atoms with van der Waals surface area (Å²) in [5.41, 5.74) is 1.90. The Morgan fingerprint density at radius 1 is 0.686 bits per heavy atom. The van der Waals surface area contributed by atoms with E-state index in [2.05, 4.69) is 59.7 Å². The number of isothiocyanates is 1. The quantitative estimate of drug-likeness (QED) is 0.161. The van der Waals surface area contributed by atoms with Gasteiger partial charge in [0.25, 0.3) is 0 Å². The fourth-order valence-electron chi connectivity index (χ4n) is 3.03. The van der Waals surface area contributed by atoms with Gasteiger partial charge in [-0.25, -0.2) is 13.2 Å². The summed E-state index contributed by atoms with van der Waals surface area (Å²) in [5, 5.41) is 1.94. The van der Waals surface area contributed by atoms with E-state index in [1.165, 1.54) is 6.07 Å². The number of aliphatic imine (C=N–C) groups is 1. The Morgan fingerprint density at radius 2 is 1.26 bits per heavy atom. The minimum atomic E-state index is -0.864. The van der Waals surface area contributed by atoms with E-state index in [0.717, 1.165) is 37.8 Å². The van der Waals surface area contributed by atoms with Crippen molar-refractivity contribution in [2.24, 2.45) is 4.99 Å². The topological polar surface area (TPSA) is 12.4 Å². The highest BCUT2D eigenvalue weighted by Gasteiger charge is 2.09. The largest absolute Gasteiger partial charge is 0.206 e. The van der Waals surface area contributed by atoms with Crippen LogP contribution >= 0.6 is 12.2 Å². The van der Waals surface area contributed by atoms with Gasteiger partial charge < -0.3 is 0 Å². The molecule has 0 amide bonds. The molecule has 0 saturated heterocycles. The van der Waals surface area contributed by atoms with Gasteiger partial charge in [0, 0.05) is 28.7 Å². The molecule has 0 N–H and O–H groups in total. The molecule has 0 aliphatic carbocycles. The molecule has 0 heterocycles. The Balaban J connectivity index is 1.69. The van der Waals surface area contributed by atoms with Crippen molar-refractivity contribution in [1.82, 2.24) is 0 Å². The first kappa shape index (κ1) is 25.6. The third-order valence-electron chi connectivity index (χ3n) is 4.86. The van der Waals surface area contributed by atoms with Crippen LogP contribution in [0.15, 0.2) is 59.6 Å². The molecule has 0 bridgehead atoms. The highest BCUT2D eigenvalue weighted by Crippen LogP contribution is 2.23. The number of hydrogen-bond acceptors (Lipinski definition) is 2. The minimum absolute atomic E-state index is 0.164. The SMILES string of the molecule is CCCCCC#Cc1ccc(C#Cc2ccc(C#Cc3cc(F)c(N=C=S)c(F)c3)cc2)c(F)c1. The van der Waals surface area contributed by atoms with E-state index in [0.29, 0.717) is 16.7 Å². The van der Waals surface area contributed by atoms with Gasteiger partial charge in [-0.3, -0.25) is 0 Å². The Hall–Kier alpha value is -4.07. The van der Waals surface area contributed by atoms with Crippen LogP contribution in [0.2, 0.25) is 0 Å². The first-order valence-electron chi connectivity index (χ1n) is 11.0. The first-order chi connectivity index (χ1) is 17.0. The maximum absolute atomic E-state index is 14.4. The highest BCUT2D eigenvalue weighted by atomic mass is 32.1. The van der Waals surface area contributed by atoms with E-state index >= 15 is 0 Å². The Morgan fingerprint density at radius 3 is 1.86 bits per heavy atom. The molecule has 35 heavy (non-hydrogen) atoms. The van der Waals surface area contributed by atoms with Crippen molar-refractivity contribution in [1.29, 1.82) is 0 Å². The summed E-state index contributed by atoms with van der Waals surface area (Å²) in [4.78, 5) is 3.37. The Bertz CT molecular complexity index is 1430. The summed E-state index contributed by atoms with van der Waals surface area (Å²) < 4.78 is 42.2. The van der Waals surface area contributed by atoms with Crippen LogP contribution in [-0.2, 0) is 0 Å². The standard InChI is InChI=1S/C30H20F3NS/c1-2-3-4-5-6-7-24-15-17-26(27(31)18-24)16-14-23-10-8-22(9-11-23)12-13-25-19-28(32)30(34-21-35)29(33)20-25/h8-11,15,17-20H,2-5H2,1H3. The van der Waals surface area contributed by atoms with Gasteiger partial charge in [-0.2, -0.15) is 4.99 Å². The van der Waals surface area contributed by atoms with E-state index < -0.39 is 23.1 Å². The second-order valence-corrected chi connectivity index (χ2v) is 7.71. The van der Waals surface area contributed by atoms with Crippen LogP contribution in [0.25, 0.3) is 0 Å². The molecule has 0 spiro atoms. The maximum Gasteiger partial charge on any atom is 0.153 e. The highest BCUT2D eigenvalue weighted by molar-refractivity contribution is 7.78. The number of rotatable bonds is 4. The molecule has 3 aromatic rings. The molecule has 0 atom stereocenters. The average Bonchev–Trinajstić information content (AvgIpc) is 2.85.